The SMILES string of the molecule is CS(=O)(=O)c1ccc2nc(NC(=O)c3ccc(=O)n(Cc4ccc(Cl)cc4)c3)sc2c1. The van der Waals surface area contributed by atoms with Gasteiger partial charge in [0.2, 0.25) is 0 Å². The number of amides is 1. The molecule has 158 valence electrons. The molecule has 4 rings (SSSR count). The number of carbonyl (C=O) groups is 1. The molecule has 0 fully saturated rings. The minimum atomic E-state index is -3.34. The first-order chi connectivity index (χ1) is 14.7. The molecule has 0 saturated carbocycles. The van der Waals surface area contributed by atoms with Crippen LogP contribution in [0.25, 0.3) is 10.2 Å². The minimum Gasteiger partial charge on any atom is -0.310 e. The first kappa shape index (κ1) is 21.2. The molecule has 0 aliphatic rings. The number of anilines is 1. The van der Waals surface area contributed by atoms with Crippen molar-refractivity contribution in [3.05, 3.63) is 87.3 Å². The van der Waals surface area contributed by atoms with E-state index in [-0.39, 0.29) is 10.5 Å². The fraction of sp³-hybridized carbons (Fsp3) is 0.0952. The van der Waals surface area contributed by atoms with Crippen molar-refractivity contribution < 1.29 is 13.2 Å². The van der Waals surface area contributed by atoms with Crippen LogP contribution in [0.15, 0.2) is 70.5 Å². The third kappa shape index (κ3) is 4.84. The third-order valence-corrected chi connectivity index (χ3v) is 6.82. The number of hydrogen-bond acceptors (Lipinski definition) is 6. The highest BCUT2D eigenvalue weighted by Gasteiger charge is 2.14. The molecule has 0 atom stereocenters. The van der Waals surface area contributed by atoms with E-state index >= 15 is 0 Å². The maximum Gasteiger partial charge on any atom is 0.258 e. The molecule has 10 heteroatoms. The maximum atomic E-state index is 12.7. The van der Waals surface area contributed by atoms with Gasteiger partial charge in [0.25, 0.3) is 11.5 Å². The summed E-state index contributed by atoms with van der Waals surface area (Å²) >= 11 is 7.07. The Morgan fingerprint density at radius 1 is 1.13 bits per heavy atom. The third-order valence-electron chi connectivity index (χ3n) is 4.52. The summed E-state index contributed by atoms with van der Waals surface area (Å²) in [6.07, 6.45) is 2.62. The van der Waals surface area contributed by atoms with Gasteiger partial charge in [-0.3, -0.25) is 14.9 Å². The van der Waals surface area contributed by atoms with E-state index in [2.05, 4.69) is 10.3 Å². The van der Waals surface area contributed by atoms with Crippen molar-refractivity contribution >= 4 is 54.0 Å². The van der Waals surface area contributed by atoms with Crippen LogP contribution in [0.2, 0.25) is 5.02 Å². The number of benzene rings is 2. The van der Waals surface area contributed by atoms with Gasteiger partial charge in [0.1, 0.15) is 0 Å². The van der Waals surface area contributed by atoms with E-state index in [1.54, 1.807) is 18.2 Å². The molecule has 2 aromatic carbocycles. The summed E-state index contributed by atoms with van der Waals surface area (Å²) in [6.45, 7) is 0.298. The molecular weight excluding hydrogens is 458 g/mol. The number of nitrogens with one attached hydrogen (secondary N) is 1. The first-order valence-corrected chi connectivity index (χ1v) is 12.1. The summed E-state index contributed by atoms with van der Waals surface area (Å²) in [7, 11) is -3.34. The summed E-state index contributed by atoms with van der Waals surface area (Å²) < 4.78 is 25.6. The van der Waals surface area contributed by atoms with E-state index in [0.29, 0.717) is 32.5 Å². The quantitative estimate of drug-likeness (QED) is 0.475. The fourth-order valence-corrected chi connectivity index (χ4v) is 4.68. The van der Waals surface area contributed by atoms with Crippen molar-refractivity contribution in [2.45, 2.75) is 11.4 Å². The highest BCUT2D eigenvalue weighted by Crippen LogP contribution is 2.28. The number of hydrogen-bond donors (Lipinski definition) is 1. The van der Waals surface area contributed by atoms with Crippen molar-refractivity contribution in [1.29, 1.82) is 0 Å². The second-order valence-electron chi connectivity index (χ2n) is 6.89. The van der Waals surface area contributed by atoms with Crippen LogP contribution in [0.4, 0.5) is 5.13 Å². The van der Waals surface area contributed by atoms with Crippen LogP contribution in [0.3, 0.4) is 0 Å². The van der Waals surface area contributed by atoms with Gasteiger partial charge in [-0.15, -0.1) is 0 Å². The predicted molar refractivity (Wildman–Crippen MR) is 122 cm³/mol. The molecule has 1 amide bonds. The van der Waals surface area contributed by atoms with Crippen molar-refractivity contribution in [3.8, 4) is 0 Å². The number of fused-ring (bicyclic) bond motifs is 1. The number of pyridine rings is 1. The van der Waals surface area contributed by atoms with Crippen molar-refractivity contribution in [2.24, 2.45) is 0 Å². The van der Waals surface area contributed by atoms with Crippen molar-refractivity contribution in [2.75, 3.05) is 11.6 Å². The fourth-order valence-electron chi connectivity index (χ4n) is 2.93. The van der Waals surface area contributed by atoms with Gasteiger partial charge in [-0.2, -0.15) is 0 Å². The number of halogens is 1. The molecular formula is C21H16ClN3O4S2. The summed E-state index contributed by atoms with van der Waals surface area (Å²) in [6, 6.07) is 14.5. The van der Waals surface area contributed by atoms with E-state index in [1.165, 1.54) is 46.4 Å². The van der Waals surface area contributed by atoms with Crippen molar-refractivity contribution in [1.82, 2.24) is 9.55 Å². The van der Waals surface area contributed by atoms with Crippen LogP contribution in [-0.4, -0.2) is 30.1 Å². The van der Waals surface area contributed by atoms with Gasteiger partial charge in [-0.1, -0.05) is 35.1 Å². The smallest absolute Gasteiger partial charge is 0.258 e. The number of carbonyl (C=O) groups excluding carboxylic acids is 1. The Bertz CT molecular complexity index is 1460. The van der Waals surface area contributed by atoms with Gasteiger partial charge in [0.15, 0.2) is 15.0 Å². The Hall–Kier alpha value is -3.01. The lowest BCUT2D eigenvalue weighted by molar-refractivity contribution is 0.102. The highest BCUT2D eigenvalue weighted by molar-refractivity contribution is 7.90. The Kier molecular flexibility index (Phi) is 5.65. The molecule has 1 N–H and O–H groups in total. The van der Waals surface area contributed by atoms with Crippen LogP contribution >= 0.6 is 22.9 Å². The van der Waals surface area contributed by atoms with Crippen LogP contribution in [0.1, 0.15) is 15.9 Å². The maximum absolute atomic E-state index is 12.7. The van der Waals surface area contributed by atoms with Crippen LogP contribution < -0.4 is 10.9 Å². The lowest BCUT2D eigenvalue weighted by Gasteiger charge is -2.08. The molecule has 0 aliphatic carbocycles. The van der Waals surface area contributed by atoms with E-state index in [0.717, 1.165) is 11.8 Å². The van der Waals surface area contributed by atoms with E-state index in [9.17, 15) is 18.0 Å². The largest absolute Gasteiger partial charge is 0.310 e. The molecule has 2 heterocycles. The van der Waals surface area contributed by atoms with Crippen molar-refractivity contribution in [3.63, 3.8) is 0 Å². The standard InChI is InChI=1S/C21H16ClN3O4S2/c1-31(28,29)16-7-8-17-18(10-16)30-21(23-17)24-20(27)14-4-9-19(26)25(12-14)11-13-2-5-15(22)6-3-13/h2-10,12H,11H2,1H3,(H,23,24,27). The molecule has 0 spiro atoms. The summed E-state index contributed by atoms with van der Waals surface area (Å²) in [5.74, 6) is -0.424. The summed E-state index contributed by atoms with van der Waals surface area (Å²) in [4.78, 5) is 29.4. The lowest BCUT2D eigenvalue weighted by Crippen LogP contribution is -2.22. The van der Waals surface area contributed by atoms with Crippen LogP contribution in [0.5, 0.6) is 0 Å². The Morgan fingerprint density at radius 2 is 1.87 bits per heavy atom. The second kappa shape index (κ2) is 8.26. The molecule has 0 radical (unpaired) electrons. The molecule has 4 aromatic rings. The van der Waals surface area contributed by atoms with Gasteiger partial charge >= 0.3 is 0 Å². The Labute approximate surface area is 186 Å². The van der Waals surface area contributed by atoms with Gasteiger partial charge in [-0.25, -0.2) is 13.4 Å². The van der Waals surface area contributed by atoms with Gasteiger partial charge in [0.05, 0.1) is 27.2 Å². The number of thiazole rings is 1. The molecule has 31 heavy (non-hydrogen) atoms. The summed E-state index contributed by atoms with van der Waals surface area (Å²) in [5.41, 5.74) is 1.52. The van der Waals surface area contributed by atoms with E-state index in [1.807, 2.05) is 12.1 Å². The molecule has 0 aliphatic heterocycles. The number of aromatic nitrogens is 2. The highest BCUT2D eigenvalue weighted by atomic mass is 35.5. The van der Waals surface area contributed by atoms with Crippen LogP contribution in [-0.2, 0) is 16.4 Å². The zero-order chi connectivity index (χ0) is 22.2. The monoisotopic (exact) mass is 473 g/mol. The van der Waals surface area contributed by atoms with Crippen LogP contribution in [0, 0.1) is 0 Å². The minimum absolute atomic E-state index is 0.191. The van der Waals surface area contributed by atoms with E-state index < -0.39 is 15.7 Å². The molecule has 7 nitrogen and oxygen atoms in total. The second-order valence-corrected chi connectivity index (χ2v) is 10.4. The average Bonchev–Trinajstić information content (AvgIpc) is 3.12. The molecule has 0 saturated heterocycles. The topological polar surface area (TPSA) is 98.1 Å². The van der Waals surface area contributed by atoms with Gasteiger partial charge in [-0.05, 0) is 42.0 Å². The number of rotatable bonds is 5. The first-order valence-electron chi connectivity index (χ1n) is 9.06. The number of nitrogens with zero attached hydrogens (tertiary/aromatic N) is 2. The Balaban J connectivity index is 1.57. The average molecular weight is 474 g/mol. The zero-order valence-corrected chi connectivity index (χ0v) is 18.6. The normalized spacial score (nSPS) is 11.5. The predicted octanol–water partition coefficient (Wildman–Crippen LogP) is 3.82. The van der Waals surface area contributed by atoms with Gasteiger partial charge in [0, 0.05) is 23.5 Å². The van der Waals surface area contributed by atoms with E-state index in [4.69, 9.17) is 11.6 Å². The summed E-state index contributed by atoms with van der Waals surface area (Å²) in [5, 5.41) is 3.65. The molecule has 0 bridgehead atoms. The molecule has 0 unspecified atom stereocenters. The molecule has 2 aromatic heterocycles. The Morgan fingerprint density at radius 3 is 2.58 bits per heavy atom. The zero-order valence-electron chi connectivity index (χ0n) is 16.2. The van der Waals surface area contributed by atoms with Gasteiger partial charge < -0.3 is 4.57 Å². The number of sulfone groups is 1. The lowest BCUT2D eigenvalue weighted by atomic mass is 10.2.